The number of hydrogen-bond acceptors (Lipinski definition) is 5. The highest BCUT2D eigenvalue weighted by atomic mass is 32.2. The first-order valence-corrected chi connectivity index (χ1v) is 11.4. The van der Waals surface area contributed by atoms with Gasteiger partial charge in [0.1, 0.15) is 0 Å². The molecule has 2 saturated carbocycles. The Balaban J connectivity index is 1.46. The molecule has 2 aliphatic carbocycles. The average Bonchev–Trinajstić information content (AvgIpc) is 3.37. The zero-order valence-corrected chi connectivity index (χ0v) is 16.3. The van der Waals surface area contributed by atoms with Gasteiger partial charge in [-0.1, -0.05) is 60.7 Å². The largest absolute Gasteiger partial charge is 0.748 e. The van der Waals surface area contributed by atoms with Crippen molar-refractivity contribution in [1.29, 1.82) is 0 Å². The lowest BCUT2D eigenvalue weighted by molar-refractivity contribution is -0.162. The second kappa shape index (κ2) is 6.66. The summed E-state index contributed by atoms with van der Waals surface area (Å²) in [6, 6.07) is 20.0. The maximum absolute atomic E-state index is 11.1. The second-order valence-corrected chi connectivity index (χ2v) is 9.74. The highest BCUT2D eigenvalue weighted by Crippen LogP contribution is 2.59. The van der Waals surface area contributed by atoms with Crippen LogP contribution in [0.4, 0.5) is 0 Å². The molecule has 5 unspecified atom stereocenters. The fraction of sp³-hybridized carbons (Fsp3) is 0.455. The van der Waals surface area contributed by atoms with Crippen LogP contribution in [0.1, 0.15) is 30.4 Å². The molecule has 0 N–H and O–H groups in total. The van der Waals surface area contributed by atoms with E-state index in [1.54, 1.807) is 0 Å². The van der Waals surface area contributed by atoms with E-state index in [9.17, 15) is 13.0 Å². The van der Waals surface area contributed by atoms with Crippen molar-refractivity contribution in [1.82, 2.24) is 0 Å². The fourth-order valence-corrected chi connectivity index (χ4v) is 6.09. The van der Waals surface area contributed by atoms with E-state index < -0.39 is 15.9 Å². The number of benzene rings is 2. The van der Waals surface area contributed by atoms with Gasteiger partial charge in [-0.05, 0) is 37.0 Å². The van der Waals surface area contributed by atoms with E-state index in [2.05, 4.69) is 0 Å². The summed E-state index contributed by atoms with van der Waals surface area (Å²) < 4.78 is 46.6. The van der Waals surface area contributed by atoms with Gasteiger partial charge in [0.25, 0.3) is 0 Å². The standard InChI is InChI=1S/C22H24O5S/c23-28(24,25)12-11-15-13-16-14-19(15)21-20(16)26-22(27-21,17-7-3-1-4-8-17)18-9-5-2-6-10-18/h1-10,15-16,19-21H,11-14H2,(H,23,24,25)/p-1. The molecule has 5 atom stereocenters. The van der Waals surface area contributed by atoms with Gasteiger partial charge in [-0.3, -0.25) is 0 Å². The van der Waals surface area contributed by atoms with Crippen molar-refractivity contribution >= 4 is 10.1 Å². The third-order valence-corrected chi connectivity index (χ3v) is 7.38. The van der Waals surface area contributed by atoms with Crippen molar-refractivity contribution in [3.63, 3.8) is 0 Å². The Morgan fingerprint density at radius 2 is 1.46 bits per heavy atom. The summed E-state index contributed by atoms with van der Waals surface area (Å²) in [6.07, 6.45) is 2.25. The van der Waals surface area contributed by atoms with Gasteiger partial charge in [-0.2, -0.15) is 0 Å². The molecular weight excluding hydrogens is 376 g/mol. The highest BCUT2D eigenvalue weighted by molar-refractivity contribution is 7.85. The van der Waals surface area contributed by atoms with Gasteiger partial charge in [0, 0.05) is 16.9 Å². The number of ether oxygens (including phenoxy) is 2. The van der Waals surface area contributed by atoms with E-state index in [1.807, 2.05) is 60.7 Å². The van der Waals surface area contributed by atoms with Crippen LogP contribution in [0.15, 0.2) is 60.7 Å². The molecule has 2 aromatic carbocycles. The molecule has 0 spiro atoms. The van der Waals surface area contributed by atoms with Gasteiger partial charge < -0.3 is 14.0 Å². The van der Waals surface area contributed by atoms with Gasteiger partial charge in [0.05, 0.1) is 22.3 Å². The maximum Gasteiger partial charge on any atom is 0.223 e. The van der Waals surface area contributed by atoms with Crippen molar-refractivity contribution < 1.29 is 22.4 Å². The minimum absolute atomic E-state index is 0.00511. The number of fused-ring (bicyclic) bond motifs is 5. The van der Waals surface area contributed by atoms with Crippen molar-refractivity contribution in [3.05, 3.63) is 71.8 Å². The Morgan fingerprint density at radius 3 is 2.04 bits per heavy atom. The van der Waals surface area contributed by atoms with E-state index >= 15 is 0 Å². The van der Waals surface area contributed by atoms with Crippen molar-refractivity contribution in [2.24, 2.45) is 17.8 Å². The molecule has 2 aromatic rings. The maximum atomic E-state index is 11.1. The molecule has 0 aromatic heterocycles. The van der Waals surface area contributed by atoms with Crippen LogP contribution in [-0.4, -0.2) is 30.9 Å². The third-order valence-electron chi connectivity index (χ3n) is 6.65. The molecule has 148 valence electrons. The summed E-state index contributed by atoms with van der Waals surface area (Å²) >= 11 is 0. The van der Waals surface area contributed by atoms with Gasteiger partial charge in [-0.25, -0.2) is 8.42 Å². The summed E-state index contributed by atoms with van der Waals surface area (Å²) in [5.74, 6) is -0.425. The molecule has 0 amide bonds. The van der Waals surface area contributed by atoms with Gasteiger partial charge in [0.15, 0.2) is 0 Å². The van der Waals surface area contributed by atoms with Gasteiger partial charge in [0.2, 0.25) is 5.79 Å². The fourth-order valence-electron chi connectivity index (χ4n) is 5.49. The monoisotopic (exact) mass is 399 g/mol. The zero-order valence-electron chi connectivity index (χ0n) is 15.4. The SMILES string of the molecule is O=S(=O)([O-])CCC1CC2CC1C1OC(c3ccccc3)(c3ccccc3)OC21. The molecule has 5 nitrogen and oxygen atoms in total. The quantitative estimate of drug-likeness (QED) is 0.722. The Morgan fingerprint density at radius 1 is 0.893 bits per heavy atom. The van der Waals surface area contributed by atoms with E-state index in [4.69, 9.17) is 9.47 Å². The molecule has 1 heterocycles. The topological polar surface area (TPSA) is 75.7 Å². The first-order valence-electron chi connectivity index (χ1n) is 9.86. The van der Waals surface area contributed by atoms with Crippen molar-refractivity contribution in [2.75, 3.05) is 5.75 Å². The van der Waals surface area contributed by atoms with Crippen LogP contribution >= 0.6 is 0 Å². The first-order chi connectivity index (χ1) is 13.5. The predicted molar refractivity (Wildman–Crippen MR) is 102 cm³/mol. The summed E-state index contributed by atoms with van der Waals surface area (Å²) in [6.45, 7) is 0. The van der Waals surface area contributed by atoms with E-state index in [1.165, 1.54) is 0 Å². The lowest BCUT2D eigenvalue weighted by Crippen LogP contribution is -2.35. The van der Waals surface area contributed by atoms with E-state index in [-0.39, 0.29) is 29.8 Å². The molecular formula is C22H23O5S-. The van der Waals surface area contributed by atoms with Crippen LogP contribution in [0.25, 0.3) is 0 Å². The predicted octanol–water partition coefficient (Wildman–Crippen LogP) is 3.26. The van der Waals surface area contributed by atoms with E-state index in [0.29, 0.717) is 12.3 Å². The van der Waals surface area contributed by atoms with Gasteiger partial charge >= 0.3 is 0 Å². The Bertz CT molecular complexity index is 904. The lowest BCUT2D eigenvalue weighted by atomic mass is 9.83. The minimum atomic E-state index is -4.18. The molecule has 1 aliphatic heterocycles. The number of rotatable bonds is 5. The molecule has 2 bridgehead atoms. The van der Waals surface area contributed by atoms with Gasteiger partial charge in [-0.15, -0.1) is 0 Å². The minimum Gasteiger partial charge on any atom is -0.748 e. The van der Waals surface area contributed by atoms with Crippen LogP contribution in [0.5, 0.6) is 0 Å². The average molecular weight is 399 g/mol. The Labute approximate surface area is 165 Å². The highest BCUT2D eigenvalue weighted by Gasteiger charge is 2.62. The summed E-state index contributed by atoms with van der Waals surface area (Å²) in [5.41, 5.74) is 1.93. The normalized spacial score (nSPS) is 33.1. The molecule has 1 saturated heterocycles. The Hall–Kier alpha value is -1.73. The van der Waals surface area contributed by atoms with Crippen molar-refractivity contribution in [3.8, 4) is 0 Å². The summed E-state index contributed by atoms with van der Waals surface area (Å²) in [7, 11) is -4.18. The van der Waals surface area contributed by atoms with Crippen LogP contribution < -0.4 is 0 Å². The molecule has 6 heteroatoms. The second-order valence-electron chi connectivity index (χ2n) is 8.22. The van der Waals surface area contributed by atoms with Crippen LogP contribution in [0.2, 0.25) is 0 Å². The van der Waals surface area contributed by atoms with Crippen LogP contribution in [0.3, 0.4) is 0 Å². The lowest BCUT2D eigenvalue weighted by Gasteiger charge is -2.31. The molecule has 5 rings (SSSR count). The molecule has 3 aliphatic rings. The summed E-state index contributed by atoms with van der Waals surface area (Å²) in [5, 5.41) is 0. The number of hydrogen-bond donors (Lipinski definition) is 0. The third kappa shape index (κ3) is 2.99. The Kier molecular flexibility index (Phi) is 4.36. The summed E-state index contributed by atoms with van der Waals surface area (Å²) in [4.78, 5) is 0. The molecule has 28 heavy (non-hydrogen) atoms. The smallest absolute Gasteiger partial charge is 0.223 e. The molecule has 3 fully saturated rings. The molecule has 0 radical (unpaired) electrons. The first kappa shape index (κ1) is 18.3. The van der Waals surface area contributed by atoms with Crippen LogP contribution in [-0.2, 0) is 25.4 Å². The van der Waals surface area contributed by atoms with E-state index in [0.717, 1.165) is 24.0 Å². The van der Waals surface area contributed by atoms with Crippen molar-refractivity contribution in [2.45, 2.75) is 37.3 Å². The van der Waals surface area contributed by atoms with Crippen LogP contribution in [0, 0.1) is 17.8 Å². The zero-order chi connectivity index (χ0) is 19.4.